The number of carbonyl (C=O) groups excluding carboxylic acids is 2. The van der Waals surface area contributed by atoms with Crippen LogP contribution in [-0.2, 0) is 9.59 Å². The lowest BCUT2D eigenvalue weighted by Gasteiger charge is -2.27. The molecule has 0 unspecified atom stereocenters. The van der Waals surface area contributed by atoms with E-state index in [1.165, 1.54) is 11.8 Å². The molecule has 134 valence electrons. The quantitative estimate of drug-likeness (QED) is 0.493. The van der Waals surface area contributed by atoms with Crippen LogP contribution in [0.5, 0.6) is 5.75 Å². The van der Waals surface area contributed by atoms with Crippen LogP contribution in [0.25, 0.3) is 6.08 Å². The SMILES string of the molecule is CCOc1ccc(/C=C2\SC(=S)N([C@@H](CCSC)C(=O)[O-])C2=O)cc1. The molecule has 0 spiro atoms. The molecule has 1 aromatic carbocycles. The maximum atomic E-state index is 12.6. The Kier molecular flexibility index (Phi) is 7.34. The molecular formula is C17H18NO4S3-. The molecule has 1 heterocycles. The molecule has 0 saturated carbocycles. The smallest absolute Gasteiger partial charge is 0.266 e. The summed E-state index contributed by atoms with van der Waals surface area (Å²) < 4.78 is 5.63. The van der Waals surface area contributed by atoms with E-state index in [2.05, 4.69) is 0 Å². The third-order valence-corrected chi connectivity index (χ3v) is 5.47. The largest absolute Gasteiger partial charge is 0.548 e. The second kappa shape index (κ2) is 9.26. The Labute approximate surface area is 160 Å². The number of carboxylic acid groups (broad SMARTS) is 1. The lowest BCUT2D eigenvalue weighted by Crippen LogP contribution is -2.50. The number of carbonyl (C=O) groups is 2. The van der Waals surface area contributed by atoms with Crippen molar-refractivity contribution in [1.29, 1.82) is 0 Å². The van der Waals surface area contributed by atoms with Gasteiger partial charge in [0.15, 0.2) is 0 Å². The third kappa shape index (κ3) is 4.99. The van der Waals surface area contributed by atoms with Crippen LogP contribution in [0.4, 0.5) is 0 Å². The van der Waals surface area contributed by atoms with Crippen LogP contribution in [0.3, 0.4) is 0 Å². The lowest BCUT2D eigenvalue weighted by atomic mass is 10.1. The Bertz CT molecular complexity index is 688. The Balaban J connectivity index is 2.20. The molecule has 2 rings (SSSR count). The summed E-state index contributed by atoms with van der Waals surface area (Å²) >= 11 is 7.84. The van der Waals surface area contributed by atoms with Crippen molar-refractivity contribution in [2.24, 2.45) is 0 Å². The molecule has 1 amide bonds. The highest BCUT2D eigenvalue weighted by Crippen LogP contribution is 2.34. The van der Waals surface area contributed by atoms with E-state index in [1.54, 1.807) is 6.08 Å². The van der Waals surface area contributed by atoms with E-state index >= 15 is 0 Å². The first-order valence-corrected chi connectivity index (χ1v) is 10.3. The number of thioether (sulfide) groups is 2. The number of aliphatic carboxylic acids is 1. The van der Waals surface area contributed by atoms with E-state index in [1.807, 2.05) is 37.4 Å². The highest BCUT2D eigenvalue weighted by atomic mass is 32.2. The van der Waals surface area contributed by atoms with Gasteiger partial charge in [-0.3, -0.25) is 9.69 Å². The summed E-state index contributed by atoms with van der Waals surface area (Å²) in [6.45, 7) is 2.49. The van der Waals surface area contributed by atoms with Gasteiger partial charge in [-0.05, 0) is 49.1 Å². The Morgan fingerprint density at radius 3 is 2.68 bits per heavy atom. The molecule has 5 nitrogen and oxygen atoms in total. The molecule has 0 N–H and O–H groups in total. The molecule has 0 radical (unpaired) electrons. The van der Waals surface area contributed by atoms with Crippen molar-refractivity contribution < 1.29 is 19.4 Å². The number of nitrogens with zero attached hydrogens (tertiary/aromatic N) is 1. The third-order valence-electron chi connectivity index (χ3n) is 3.49. The van der Waals surface area contributed by atoms with Crippen molar-refractivity contribution in [3.8, 4) is 5.75 Å². The van der Waals surface area contributed by atoms with Crippen molar-refractivity contribution in [3.63, 3.8) is 0 Å². The summed E-state index contributed by atoms with van der Waals surface area (Å²) in [6, 6.07) is 6.27. The molecule has 0 aliphatic carbocycles. The van der Waals surface area contributed by atoms with Gasteiger partial charge in [-0.25, -0.2) is 0 Å². The Morgan fingerprint density at radius 2 is 2.12 bits per heavy atom. The minimum absolute atomic E-state index is 0.248. The fourth-order valence-corrected chi connectivity index (χ4v) is 4.12. The van der Waals surface area contributed by atoms with Gasteiger partial charge in [-0.15, -0.1) is 0 Å². The minimum atomic E-state index is -1.28. The molecule has 1 saturated heterocycles. The molecule has 1 aromatic rings. The first-order chi connectivity index (χ1) is 12.0. The summed E-state index contributed by atoms with van der Waals surface area (Å²) in [4.78, 5) is 25.6. The zero-order chi connectivity index (χ0) is 18.4. The normalized spacial score (nSPS) is 17.2. The minimum Gasteiger partial charge on any atom is -0.548 e. The lowest BCUT2D eigenvalue weighted by molar-refractivity contribution is -0.310. The second-order valence-corrected chi connectivity index (χ2v) is 7.83. The summed E-state index contributed by atoms with van der Waals surface area (Å²) in [5.74, 6) is -0.318. The fraction of sp³-hybridized carbons (Fsp3) is 0.353. The molecule has 1 aliphatic heterocycles. The van der Waals surface area contributed by atoms with Gasteiger partial charge >= 0.3 is 0 Å². The van der Waals surface area contributed by atoms with E-state index < -0.39 is 12.0 Å². The van der Waals surface area contributed by atoms with Crippen molar-refractivity contribution in [2.75, 3.05) is 18.6 Å². The van der Waals surface area contributed by atoms with Gasteiger partial charge in [0.05, 0.1) is 23.5 Å². The standard InChI is InChI=1S/C17H19NO4S3/c1-3-22-12-6-4-11(5-7-12)10-14-15(19)18(17(23)25-14)13(16(20)21)8-9-24-2/h4-7,10,13H,3,8-9H2,1-2H3,(H,20,21)/p-1/b14-10-/t13-/m0/s1. The molecule has 0 bridgehead atoms. The van der Waals surface area contributed by atoms with E-state index in [0.717, 1.165) is 28.0 Å². The van der Waals surface area contributed by atoms with Crippen molar-refractivity contribution in [2.45, 2.75) is 19.4 Å². The summed E-state index contributed by atoms with van der Waals surface area (Å²) in [7, 11) is 0. The Hall–Kier alpha value is -1.51. The van der Waals surface area contributed by atoms with Crippen molar-refractivity contribution in [3.05, 3.63) is 34.7 Å². The topological polar surface area (TPSA) is 69.7 Å². The predicted octanol–water partition coefficient (Wildman–Crippen LogP) is 2.16. The molecule has 25 heavy (non-hydrogen) atoms. The number of thiocarbonyl (C=S) groups is 1. The van der Waals surface area contributed by atoms with Crippen LogP contribution in [0.1, 0.15) is 18.9 Å². The van der Waals surface area contributed by atoms with Crippen molar-refractivity contribution >= 4 is 58.0 Å². The molecule has 1 fully saturated rings. The van der Waals surface area contributed by atoms with Gasteiger partial charge in [-0.1, -0.05) is 36.1 Å². The van der Waals surface area contributed by atoms with Crippen LogP contribution in [0.15, 0.2) is 29.2 Å². The highest BCUT2D eigenvalue weighted by molar-refractivity contribution is 8.26. The number of hydrogen-bond donors (Lipinski definition) is 0. The summed E-state index contributed by atoms with van der Waals surface area (Å²) in [5, 5.41) is 11.4. The molecular weight excluding hydrogens is 378 g/mol. The van der Waals surface area contributed by atoms with E-state index in [-0.39, 0.29) is 10.2 Å². The molecule has 0 aromatic heterocycles. The van der Waals surface area contributed by atoms with Crippen LogP contribution in [-0.4, -0.2) is 45.8 Å². The summed E-state index contributed by atoms with van der Waals surface area (Å²) in [6.07, 6.45) is 3.88. The average molecular weight is 397 g/mol. The van der Waals surface area contributed by atoms with Gasteiger partial charge < -0.3 is 14.6 Å². The first-order valence-electron chi connectivity index (χ1n) is 7.67. The first kappa shape index (κ1) is 19.8. The molecule has 1 atom stereocenters. The van der Waals surface area contributed by atoms with Crippen LogP contribution < -0.4 is 9.84 Å². The van der Waals surface area contributed by atoms with E-state index in [9.17, 15) is 14.7 Å². The van der Waals surface area contributed by atoms with Crippen LogP contribution >= 0.6 is 35.7 Å². The Morgan fingerprint density at radius 1 is 1.44 bits per heavy atom. The zero-order valence-electron chi connectivity index (χ0n) is 13.9. The van der Waals surface area contributed by atoms with E-state index in [0.29, 0.717) is 23.7 Å². The van der Waals surface area contributed by atoms with Crippen molar-refractivity contribution in [1.82, 2.24) is 4.90 Å². The maximum Gasteiger partial charge on any atom is 0.266 e. The average Bonchev–Trinajstić information content (AvgIpc) is 2.84. The van der Waals surface area contributed by atoms with Crippen LogP contribution in [0, 0.1) is 0 Å². The predicted molar refractivity (Wildman–Crippen MR) is 104 cm³/mol. The number of ether oxygens (including phenoxy) is 1. The number of hydrogen-bond acceptors (Lipinski definition) is 7. The van der Waals surface area contributed by atoms with Crippen LogP contribution in [0.2, 0.25) is 0 Å². The number of amides is 1. The van der Waals surface area contributed by atoms with Gasteiger partial charge in [0, 0.05) is 0 Å². The molecule has 8 heteroatoms. The molecule has 1 aliphatic rings. The van der Waals surface area contributed by atoms with Gasteiger partial charge in [-0.2, -0.15) is 11.8 Å². The van der Waals surface area contributed by atoms with E-state index in [4.69, 9.17) is 17.0 Å². The van der Waals surface area contributed by atoms with Gasteiger partial charge in [0.2, 0.25) is 0 Å². The van der Waals surface area contributed by atoms with Gasteiger partial charge in [0.1, 0.15) is 10.1 Å². The zero-order valence-corrected chi connectivity index (χ0v) is 16.3. The number of carboxylic acids is 1. The highest BCUT2D eigenvalue weighted by Gasteiger charge is 2.37. The summed E-state index contributed by atoms with van der Waals surface area (Å²) in [5.41, 5.74) is 0.818. The monoisotopic (exact) mass is 396 g/mol. The maximum absolute atomic E-state index is 12.6. The fourth-order valence-electron chi connectivity index (χ4n) is 2.31. The second-order valence-electron chi connectivity index (χ2n) is 5.17. The number of rotatable bonds is 8. The number of benzene rings is 1. The van der Waals surface area contributed by atoms with Gasteiger partial charge in [0.25, 0.3) is 5.91 Å².